The van der Waals surface area contributed by atoms with E-state index in [1.807, 2.05) is 0 Å². The van der Waals surface area contributed by atoms with Gasteiger partial charge in [0.15, 0.2) is 0 Å². The molecule has 5 N–H and O–H groups in total. The fraction of sp³-hybridized carbons (Fsp3) is 0.590. The highest BCUT2D eigenvalue weighted by Gasteiger charge is 2.48. The molecule has 16 heteroatoms. The van der Waals surface area contributed by atoms with E-state index >= 15 is 0 Å². The van der Waals surface area contributed by atoms with Crippen molar-refractivity contribution in [3.8, 4) is 0 Å². The predicted octanol–water partition coefficient (Wildman–Crippen LogP) is 3.86. The number of carbonyl (C=O) groups is 4. The number of amides is 6. The van der Waals surface area contributed by atoms with Crippen molar-refractivity contribution in [3.05, 3.63) is 56.6 Å². The van der Waals surface area contributed by atoms with Crippen LogP contribution in [0.5, 0.6) is 0 Å². The number of benzene rings is 2. The molecule has 14 nitrogen and oxygen atoms in total. The third-order valence-corrected chi connectivity index (χ3v) is 15.5. The Hall–Kier alpha value is -4.18. The number of hydrogen-bond acceptors (Lipinski definition) is 8. The summed E-state index contributed by atoms with van der Waals surface area (Å²) >= 11 is 0. The van der Waals surface area contributed by atoms with E-state index < -0.39 is 37.6 Å². The summed E-state index contributed by atoms with van der Waals surface area (Å²) in [5, 5.41) is 8.69. The lowest BCUT2D eigenvalue weighted by atomic mass is 9.81. The van der Waals surface area contributed by atoms with Crippen molar-refractivity contribution >= 4 is 55.3 Å². The van der Waals surface area contributed by atoms with Gasteiger partial charge in [-0.05, 0) is 146 Å². The van der Waals surface area contributed by atoms with Gasteiger partial charge < -0.3 is 20.9 Å². The standard InChI is InChI=1S/C39H50N6O8S2/c1-22(46)42-39(14-15-39)21-55(52,53)44-38(49)41-36-29-8-3-5-25(29)17-27-9-10-31(34(27)36)30-11-12-32-33(30)18-26-6-4-7-28(26)35(32)40-37(48)43-54(50,51)20-24-13-16-45(19-24)23(2)47/h17-18,24,30-31H,3-16,19-21H2,1-2H3,(H,42,46)(H2,40,43,48)(H2,41,44,49). The van der Waals surface area contributed by atoms with Crippen LogP contribution in [0.15, 0.2) is 12.1 Å². The largest absolute Gasteiger partial charge is 0.350 e. The van der Waals surface area contributed by atoms with Crippen molar-refractivity contribution < 1.29 is 36.0 Å². The highest BCUT2D eigenvalue weighted by Crippen LogP contribution is 2.55. The van der Waals surface area contributed by atoms with E-state index in [1.165, 1.54) is 19.4 Å². The molecular formula is C39H50N6O8S2. The van der Waals surface area contributed by atoms with Crippen molar-refractivity contribution in [2.24, 2.45) is 5.92 Å². The molecule has 2 fully saturated rings. The third kappa shape index (κ3) is 7.68. The number of anilines is 2. The number of nitrogens with zero attached hydrogens (tertiary/aromatic N) is 1. The van der Waals surface area contributed by atoms with Gasteiger partial charge in [-0.15, -0.1) is 0 Å². The highest BCUT2D eigenvalue weighted by atomic mass is 32.2. The van der Waals surface area contributed by atoms with Gasteiger partial charge in [-0.25, -0.2) is 35.9 Å². The normalized spacial score (nSPS) is 23.0. The Morgan fingerprint density at radius 1 is 0.727 bits per heavy atom. The van der Waals surface area contributed by atoms with Gasteiger partial charge in [-0.3, -0.25) is 9.59 Å². The lowest BCUT2D eigenvalue weighted by Crippen LogP contribution is -2.46. The maximum atomic E-state index is 13.5. The lowest BCUT2D eigenvalue weighted by molar-refractivity contribution is -0.127. The molecule has 3 atom stereocenters. The Morgan fingerprint density at radius 2 is 1.36 bits per heavy atom. The second kappa shape index (κ2) is 14.1. The predicted molar refractivity (Wildman–Crippen MR) is 207 cm³/mol. The Labute approximate surface area is 322 Å². The van der Waals surface area contributed by atoms with E-state index in [0.29, 0.717) is 50.1 Å². The first kappa shape index (κ1) is 37.7. The molecule has 1 heterocycles. The Kier molecular flexibility index (Phi) is 9.66. The first-order valence-electron chi connectivity index (χ1n) is 19.6. The molecule has 6 aliphatic rings. The molecular weight excluding hydrogens is 745 g/mol. The number of carbonyl (C=O) groups excluding carboxylic acids is 4. The van der Waals surface area contributed by atoms with Crippen molar-refractivity contribution in [3.63, 3.8) is 0 Å². The monoisotopic (exact) mass is 794 g/mol. The van der Waals surface area contributed by atoms with Crippen LogP contribution in [0.2, 0.25) is 0 Å². The van der Waals surface area contributed by atoms with Gasteiger partial charge in [-0.2, -0.15) is 0 Å². The van der Waals surface area contributed by atoms with Gasteiger partial charge in [0.1, 0.15) is 0 Å². The van der Waals surface area contributed by atoms with Crippen molar-refractivity contribution in [1.29, 1.82) is 0 Å². The fourth-order valence-electron chi connectivity index (χ4n) is 10.3. The van der Waals surface area contributed by atoms with Crippen LogP contribution in [0.4, 0.5) is 21.0 Å². The fourth-order valence-corrected chi connectivity index (χ4v) is 13.1. The summed E-state index contributed by atoms with van der Waals surface area (Å²) in [5.74, 6) is -1.12. The molecule has 1 saturated heterocycles. The molecule has 6 amide bonds. The molecule has 5 aliphatic carbocycles. The van der Waals surface area contributed by atoms with Crippen molar-refractivity contribution in [1.82, 2.24) is 19.7 Å². The number of fused-ring (bicyclic) bond motifs is 4. The average molecular weight is 795 g/mol. The number of aryl methyl sites for hydroxylation is 3. The van der Waals surface area contributed by atoms with Crippen LogP contribution < -0.4 is 25.4 Å². The third-order valence-electron chi connectivity index (χ3n) is 12.7. The number of sulfonamides is 2. The SMILES string of the molecule is CC(=O)NC1(CS(=O)(=O)NC(=O)Nc2c3c(cc4c2C(C2CCc5c2cc2c(c5NC(=O)NS(=O)(=O)CC5CCN(C(C)=O)C5)CCC2)CC4)CCC3)CC1. The van der Waals surface area contributed by atoms with Gasteiger partial charge in [0.25, 0.3) is 0 Å². The molecule has 8 rings (SSSR count). The van der Waals surface area contributed by atoms with Crippen LogP contribution in [0.3, 0.4) is 0 Å². The van der Waals surface area contributed by atoms with Gasteiger partial charge in [0.05, 0.1) is 17.0 Å². The number of rotatable bonds is 10. The van der Waals surface area contributed by atoms with Gasteiger partial charge in [-0.1, -0.05) is 12.1 Å². The molecule has 296 valence electrons. The molecule has 0 radical (unpaired) electrons. The molecule has 0 spiro atoms. The summed E-state index contributed by atoms with van der Waals surface area (Å²) in [5.41, 5.74) is 9.38. The Balaban J connectivity index is 1.03. The molecule has 3 unspecified atom stereocenters. The zero-order chi connectivity index (χ0) is 38.9. The second-order valence-corrected chi connectivity index (χ2v) is 20.1. The quantitative estimate of drug-likeness (QED) is 0.239. The minimum absolute atomic E-state index is 0.0473. The van der Waals surface area contributed by atoms with Crippen LogP contribution in [-0.4, -0.2) is 75.7 Å². The van der Waals surface area contributed by atoms with E-state index in [2.05, 4.69) is 37.5 Å². The molecule has 1 aliphatic heterocycles. The van der Waals surface area contributed by atoms with E-state index in [1.54, 1.807) is 4.90 Å². The van der Waals surface area contributed by atoms with E-state index in [-0.39, 0.29) is 41.1 Å². The van der Waals surface area contributed by atoms with Crippen molar-refractivity contribution in [2.75, 3.05) is 35.2 Å². The first-order valence-corrected chi connectivity index (χ1v) is 22.9. The summed E-state index contributed by atoms with van der Waals surface area (Å²) in [6.45, 7) is 3.68. The molecule has 2 aromatic carbocycles. The zero-order valence-corrected chi connectivity index (χ0v) is 33.1. The Morgan fingerprint density at radius 3 is 2.02 bits per heavy atom. The number of hydrogen-bond donors (Lipinski definition) is 5. The maximum absolute atomic E-state index is 13.5. The maximum Gasteiger partial charge on any atom is 0.332 e. The van der Waals surface area contributed by atoms with Gasteiger partial charge >= 0.3 is 12.1 Å². The van der Waals surface area contributed by atoms with Gasteiger partial charge in [0, 0.05) is 38.3 Å². The number of likely N-dealkylation sites (tertiary alicyclic amines) is 1. The van der Waals surface area contributed by atoms with Crippen molar-refractivity contribution in [2.45, 2.75) is 115 Å². The summed E-state index contributed by atoms with van der Waals surface area (Å²) in [6, 6.07) is 2.94. The summed E-state index contributed by atoms with van der Waals surface area (Å²) in [6.07, 6.45) is 10.0. The minimum Gasteiger partial charge on any atom is -0.350 e. The molecule has 55 heavy (non-hydrogen) atoms. The van der Waals surface area contributed by atoms with Crippen LogP contribution in [0, 0.1) is 5.92 Å². The topological polar surface area (TPSA) is 200 Å². The van der Waals surface area contributed by atoms with E-state index in [4.69, 9.17) is 0 Å². The van der Waals surface area contributed by atoms with Crippen LogP contribution >= 0.6 is 0 Å². The molecule has 0 aromatic heterocycles. The second-order valence-electron chi connectivity index (χ2n) is 16.7. The number of nitrogens with one attached hydrogen (secondary N) is 5. The lowest BCUT2D eigenvalue weighted by Gasteiger charge is -2.26. The summed E-state index contributed by atoms with van der Waals surface area (Å²) in [4.78, 5) is 51.9. The van der Waals surface area contributed by atoms with E-state index in [0.717, 1.165) is 96.7 Å². The molecule has 1 saturated carbocycles. The number of urea groups is 2. The average Bonchev–Trinajstić information content (AvgIpc) is 3.74. The van der Waals surface area contributed by atoms with Gasteiger partial charge in [0.2, 0.25) is 31.9 Å². The highest BCUT2D eigenvalue weighted by molar-refractivity contribution is 7.90. The van der Waals surface area contributed by atoms with Crippen LogP contribution in [0.25, 0.3) is 0 Å². The molecule has 2 aromatic rings. The summed E-state index contributed by atoms with van der Waals surface area (Å²) < 4.78 is 56.9. The summed E-state index contributed by atoms with van der Waals surface area (Å²) in [7, 11) is -8.01. The molecule has 0 bridgehead atoms. The van der Waals surface area contributed by atoms with Crippen LogP contribution in [0.1, 0.15) is 115 Å². The Bertz CT molecular complexity index is 2220. The van der Waals surface area contributed by atoms with E-state index in [9.17, 15) is 36.0 Å². The van der Waals surface area contributed by atoms with Crippen LogP contribution in [-0.2, 0) is 68.2 Å². The zero-order valence-electron chi connectivity index (χ0n) is 31.4. The smallest absolute Gasteiger partial charge is 0.332 e. The first-order chi connectivity index (χ1) is 26.1. The minimum atomic E-state index is -4.05.